The van der Waals surface area contributed by atoms with Crippen LogP contribution in [0.3, 0.4) is 0 Å². The van der Waals surface area contributed by atoms with E-state index in [0.29, 0.717) is 5.88 Å². The Labute approximate surface area is 76.8 Å². The fourth-order valence-electron chi connectivity index (χ4n) is 1.18. The van der Waals surface area contributed by atoms with Crippen LogP contribution in [0.1, 0.15) is 5.56 Å². The fraction of sp³-hybridized carbons (Fsp3) is 0.100. The summed E-state index contributed by atoms with van der Waals surface area (Å²) in [4.78, 5) is 4.09. The van der Waals surface area contributed by atoms with Gasteiger partial charge in [0.05, 0.1) is 13.3 Å². The number of methoxy groups -OCH3 is 1. The summed E-state index contributed by atoms with van der Waals surface area (Å²) in [5.41, 5.74) is 2.07. The van der Waals surface area contributed by atoms with Gasteiger partial charge in [0.2, 0.25) is 5.88 Å². The molecule has 1 aliphatic heterocycles. The fourth-order valence-corrected chi connectivity index (χ4v) is 1.18. The first-order chi connectivity index (χ1) is 6.40. The van der Waals surface area contributed by atoms with Crippen LogP contribution in [0.4, 0.5) is 5.69 Å². The summed E-state index contributed by atoms with van der Waals surface area (Å²) in [5.74, 6) is 0.654. The van der Waals surface area contributed by atoms with Crippen LogP contribution in [-0.2, 0) is 4.74 Å². The minimum Gasteiger partial charge on any atom is -0.481 e. The van der Waals surface area contributed by atoms with Gasteiger partial charge in [0, 0.05) is 17.5 Å². The van der Waals surface area contributed by atoms with E-state index in [2.05, 4.69) is 10.3 Å². The van der Waals surface area contributed by atoms with Gasteiger partial charge in [-0.05, 0) is 6.07 Å². The van der Waals surface area contributed by atoms with E-state index >= 15 is 0 Å². The third-order valence-electron chi connectivity index (χ3n) is 1.84. The average molecular weight is 174 g/mol. The molecule has 13 heavy (non-hydrogen) atoms. The molecule has 0 aliphatic carbocycles. The maximum Gasteiger partial charge on any atom is 0.209 e. The van der Waals surface area contributed by atoms with E-state index in [1.807, 2.05) is 24.3 Å². The molecule has 1 heterocycles. The molecule has 0 aromatic heterocycles. The van der Waals surface area contributed by atoms with Crippen LogP contribution in [0.15, 0.2) is 41.3 Å². The Morgan fingerprint density at radius 3 is 3.00 bits per heavy atom. The number of nitrogens with one attached hydrogen (secondary N) is 1. The highest BCUT2D eigenvalue weighted by Crippen LogP contribution is 2.17. The first-order valence-corrected chi connectivity index (χ1v) is 4.03. The molecule has 0 saturated heterocycles. The summed E-state index contributed by atoms with van der Waals surface area (Å²) in [6, 6.07) is 7.93. The normalized spacial score (nSPS) is 13.8. The lowest BCUT2D eigenvalue weighted by Crippen LogP contribution is -2.01. The summed E-state index contributed by atoms with van der Waals surface area (Å²) in [6.07, 6.45) is 3.45. The molecule has 0 atom stereocenters. The molecule has 1 aliphatic rings. The van der Waals surface area contributed by atoms with Crippen LogP contribution in [0.2, 0.25) is 0 Å². The van der Waals surface area contributed by atoms with Crippen LogP contribution >= 0.6 is 0 Å². The summed E-state index contributed by atoms with van der Waals surface area (Å²) in [6.45, 7) is 0. The van der Waals surface area contributed by atoms with Gasteiger partial charge in [0.15, 0.2) is 0 Å². The molecule has 0 amide bonds. The highest BCUT2D eigenvalue weighted by Gasteiger charge is 2.04. The Hall–Kier alpha value is -1.77. The van der Waals surface area contributed by atoms with Gasteiger partial charge in [0.1, 0.15) is 0 Å². The van der Waals surface area contributed by atoms with Gasteiger partial charge in [-0.15, -0.1) is 0 Å². The zero-order valence-corrected chi connectivity index (χ0v) is 7.32. The average Bonchev–Trinajstić information content (AvgIpc) is 2.38. The van der Waals surface area contributed by atoms with Crippen LogP contribution < -0.4 is 5.32 Å². The number of hydrogen-bond acceptors (Lipinski definition) is 3. The summed E-state index contributed by atoms with van der Waals surface area (Å²) in [5, 5.41) is 3.12. The van der Waals surface area contributed by atoms with Gasteiger partial charge in [0.25, 0.3) is 0 Å². The smallest absolute Gasteiger partial charge is 0.209 e. The molecule has 0 radical (unpaired) electrons. The summed E-state index contributed by atoms with van der Waals surface area (Å²) >= 11 is 0. The number of benzene rings is 1. The van der Waals surface area contributed by atoms with Gasteiger partial charge < -0.3 is 10.1 Å². The van der Waals surface area contributed by atoms with E-state index in [1.54, 1.807) is 19.5 Å². The molecule has 0 unspecified atom stereocenters. The minimum atomic E-state index is 0.654. The van der Waals surface area contributed by atoms with Gasteiger partial charge in [-0.25, -0.2) is 0 Å². The van der Waals surface area contributed by atoms with E-state index in [-0.39, 0.29) is 0 Å². The summed E-state index contributed by atoms with van der Waals surface area (Å²) < 4.78 is 5.06. The lowest BCUT2D eigenvalue weighted by atomic mass is 10.2. The van der Waals surface area contributed by atoms with E-state index < -0.39 is 0 Å². The highest BCUT2D eigenvalue weighted by atomic mass is 16.5. The van der Waals surface area contributed by atoms with Crippen molar-refractivity contribution in [2.45, 2.75) is 0 Å². The van der Waals surface area contributed by atoms with Gasteiger partial charge in [-0.3, -0.25) is 4.99 Å². The van der Waals surface area contributed by atoms with Crippen molar-refractivity contribution in [3.63, 3.8) is 0 Å². The number of aliphatic imine (C=N–C) groups is 1. The van der Waals surface area contributed by atoms with Gasteiger partial charge in [-0.1, -0.05) is 18.2 Å². The van der Waals surface area contributed by atoms with Crippen molar-refractivity contribution in [1.82, 2.24) is 0 Å². The molecule has 0 spiro atoms. The molecule has 1 aromatic carbocycles. The van der Waals surface area contributed by atoms with E-state index in [1.165, 1.54) is 0 Å². The molecule has 1 N–H and O–H groups in total. The molecule has 66 valence electrons. The minimum absolute atomic E-state index is 0.654. The van der Waals surface area contributed by atoms with Crippen molar-refractivity contribution in [3.05, 3.63) is 41.9 Å². The van der Waals surface area contributed by atoms with Crippen molar-refractivity contribution >= 4 is 11.9 Å². The Morgan fingerprint density at radius 1 is 1.31 bits per heavy atom. The number of hydrogen-bond donors (Lipinski definition) is 1. The van der Waals surface area contributed by atoms with Gasteiger partial charge in [-0.2, -0.15) is 0 Å². The first-order valence-electron chi connectivity index (χ1n) is 4.03. The van der Waals surface area contributed by atoms with Crippen LogP contribution in [0.5, 0.6) is 0 Å². The monoisotopic (exact) mass is 174 g/mol. The van der Waals surface area contributed by atoms with Crippen molar-refractivity contribution in [2.24, 2.45) is 4.99 Å². The van der Waals surface area contributed by atoms with Crippen molar-refractivity contribution in [3.8, 4) is 0 Å². The molecular formula is C10H10N2O. The van der Waals surface area contributed by atoms with Crippen LogP contribution in [0.25, 0.3) is 0 Å². The van der Waals surface area contributed by atoms with Crippen molar-refractivity contribution < 1.29 is 4.74 Å². The summed E-state index contributed by atoms with van der Waals surface area (Å²) in [7, 11) is 1.61. The third-order valence-corrected chi connectivity index (χ3v) is 1.84. The lowest BCUT2D eigenvalue weighted by molar-refractivity contribution is 0.296. The molecule has 1 aromatic rings. The van der Waals surface area contributed by atoms with Crippen molar-refractivity contribution in [2.75, 3.05) is 12.4 Å². The molecule has 0 fully saturated rings. The molecular weight excluding hydrogens is 164 g/mol. The zero-order chi connectivity index (χ0) is 9.10. The Kier molecular flexibility index (Phi) is 2.00. The molecule has 0 saturated carbocycles. The van der Waals surface area contributed by atoms with E-state index in [9.17, 15) is 0 Å². The third kappa shape index (κ3) is 1.54. The largest absolute Gasteiger partial charge is 0.481 e. The second-order valence-electron chi connectivity index (χ2n) is 2.69. The van der Waals surface area contributed by atoms with E-state index in [0.717, 1.165) is 11.3 Å². The van der Waals surface area contributed by atoms with Crippen LogP contribution in [-0.4, -0.2) is 13.3 Å². The number of nitrogens with zero attached hydrogens (tertiary/aromatic N) is 1. The number of anilines is 1. The highest BCUT2D eigenvalue weighted by molar-refractivity contribution is 5.89. The van der Waals surface area contributed by atoms with Crippen LogP contribution in [0, 0.1) is 0 Å². The quantitative estimate of drug-likeness (QED) is 0.706. The molecule has 3 heteroatoms. The number of rotatable bonds is 1. The molecule has 3 nitrogen and oxygen atoms in total. The Bertz CT molecular complexity index is 369. The topological polar surface area (TPSA) is 33.6 Å². The first kappa shape index (κ1) is 7.86. The Balaban J connectivity index is 2.40. The predicted octanol–water partition coefficient (Wildman–Crippen LogP) is 1.98. The lowest BCUT2D eigenvalue weighted by Gasteiger charge is -2.08. The zero-order valence-electron chi connectivity index (χ0n) is 7.32. The second kappa shape index (κ2) is 3.31. The maximum atomic E-state index is 5.06. The number of fused-ring (bicyclic) bond motifs is 1. The number of ether oxygens (including phenoxy) is 1. The van der Waals surface area contributed by atoms with Gasteiger partial charge >= 0.3 is 0 Å². The second-order valence-corrected chi connectivity index (χ2v) is 2.69. The SMILES string of the molecule is COC1=CN=Cc2ccccc2N1. The maximum absolute atomic E-state index is 5.06. The number of para-hydroxylation sites is 1. The van der Waals surface area contributed by atoms with E-state index in [4.69, 9.17) is 4.74 Å². The molecule has 2 rings (SSSR count). The van der Waals surface area contributed by atoms with Crippen molar-refractivity contribution in [1.29, 1.82) is 0 Å². The molecule has 0 bridgehead atoms. The predicted molar refractivity (Wildman–Crippen MR) is 52.8 cm³/mol. The Morgan fingerprint density at radius 2 is 2.15 bits per heavy atom. The standard InChI is InChI=1S/C10H10N2O/c1-13-10-7-11-6-8-4-2-3-5-9(8)12-10/h2-7,12H,1H3.